The van der Waals surface area contributed by atoms with E-state index in [0.717, 1.165) is 11.3 Å². The Bertz CT molecular complexity index is 535. The Labute approximate surface area is 106 Å². The van der Waals surface area contributed by atoms with Gasteiger partial charge in [-0.15, -0.1) is 0 Å². The molecule has 0 saturated carbocycles. The number of nitrogens with two attached hydrogens (primary N) is 1. The first kappa shape index (κ1) is 12.6. The number of aromatic nitrogens is 2. The van der Waals surface area contributed by atoms with E-state index in [-0.39, 0.29) is 11.2 Å². The molecule has 1 aromatic carbocycles. The Balaban J connectivity index is 2.41. The molecule has 18 heavy (non-hydrogen) atoms. The van der Waals surface area contributed by atoms with Crippen LogP contribution in [0.2, 0.25) is 0 Å². The van der Waals surface area contributed by atoms with Gasteiger partial charge < -0.3 is 5.73 Å². The second-order valence-electron chi connectivity index (χ2n) is 4.86. The molecular formula is C14H16FN3. The van der Waals surface area contributed by atoms with Crippen molar-refractivity contribution in [3.8, 4) is 11.3 Å². The van der Waals surface area contributed by atoms with Gasteiger partial charge in [0.05, 0.1) is 5.69 Å². The minimum absolute atomic E-state index is 0.254. The highest BCUT2D eigenvalue weighted by Crippen LogP contribution is 2.22. The molecule has 0 radical (unpaired) electrons. The summed E-state index contributed by atoms with van der Waals surface area (Å²) < 4.78 is 12.9. The van der Waals surface area contributed by atoms with Gasteiger partial charge in [0.15, 0.2) is 0 Å². The minimum Gasteiger partial charge on any atom is -0.329 e. The van der Waals surface area contributed by atoms with Crippen molar-refractivity contribution in [2.75, 3.05) is 6.54 Å². The molecule has 0 bridgehead atoms. The molecule has 0 spiro atoms. The normalized spacial score (nSPS) is 11.6. The zero-order chi connectivity index (χ0) is 13.2. The number of halogens is 1. The zero-order valence-corrected chi connectivity index (χ0v) is 10.5. The summed E-state index contributed by atoms with van der Waals surface area (Å²) in [6.45, 7) is 4.47. The zero-order valence-electron chi connectivity index (χ0n) is 10.5. The molecule has 0 amide bonds. The topological polar surface area (TPSA) is 51.8 Å². The summed E-state index contributed by atoms with van der Waals surface area (Å²) >= 11 is 0. The van der Waals surface area contributed by atoms with Gasteiger partial charge >= 0.3 is 0 Å². The smallest absolute Gasteiger partial charge is 0.135 e. The molecule has 0 aliphatic rings. The predicted molar refractivity (Wildman–Crippen MR) is 69.5 cm³/mol. The summed E-state index contributed by atoms with van der Waals surface area (Å²) in [6.07, 6.45) is 1.71. The third-order valence-electron chi connectivity index (χ3n) is 2.91. The van der Waals surface area contributed by atoms with E-state index in [2.05, 4.69) is 9.97 Å². The van der Waals surface area contributed by atoms with Gasteiger partial charge in [-0.05, 0) is 30.3 Å². The maximum atomic E-state index is 12.9. The number of benzene rings is 1. The third kappa shape index (κ3) is 2.54. The Morgan fingerprint density at radius 2 is 1.83 bits per heavy atom. The predicted octanol–water partition coefficient (Wildman–Crippen LogP) is 2.52. The van der Waals surface area contributed by atoms with E-state index in [1.54, 1.807) is 18.3 Å². The van der Waals surface area contributed by atoms with Crippen LogP contribution in [-0.4, -0.2) is 16.5 Å². The maximum absolute atomic E-state index is 12.9. The molecule has 1 aromatic heterocycles. The van der Waals surface area contributed by atoms with E-state index >= 15 is 0 Å². The first-order chi connectivity index (χ1) is 8.53. The average molecular weight is 245 g/mol. The van der Waals surface area contributed by atoms with Gasteiger partial charge in [0.25, 0.3) is 0 Å². The van der Waals surface area contributed by atoms with Gasteiger partial charge in [-0.2, -0.15) is 0 Å². The van der Waals surface area contributed by atoms with E-state index in [1.165, 1.54) is 12.1 Å². The number of hydrogen-bond donors (Lipinski definition) is 1. The summed E-state index contributed by atoms with van der Waals surface area (Å²) in [5, 5.41) is 0. The lowest BCUT2D eigenvalue weighted by Crippen LogP contribution is -2.30. The molecule has 2 N–H and O–H groups in total. The Morgan fingerprint density at radius 3 is 2.44 bits per heavy atom. The fourth-order valence-corrected chi connectivity index (χ4v) is 1.56. The van der Waals surface area contributed by atoms with Crippen molar-refractivity contribution in [3.05, 3.63) is 48.2 Å². The molecular weight excluding hydrogens is 229 g/mol. The minimum atomic E-state index is -0.268. The first-order valence-corrected chi connectivity index (χ1v) is 5.82. The molecule has 2 aromatic rings. The molecule has 0 aliphatic carbocycles. The van der Waals surface area contributed by atoms with E-state index in [0.29, 0.717) is 12.4 Å². The highest BCUT2D eigenvalue weighted by Gasteiger charge is 2.22. The van der Waals surface area contributed by atoms with Gasteiger partial charge in [-0.3, -0.25) is 0 Å². The molecule has 94 valence electrons. The molecule has 1 heterocycles. The molecule has 0 saturated heterocycles. The molecule has 0 atom stereocenters. The first-order valence-electron chi connectivity index (χ1n) is 5.82. The van der Waals surface area contributed by atoms with Crippen molar-refractivity contribution in [1.29, 1.82) is 0 Å². The quantitative estimate of drug-likeness (QED) is 0.904. The van der Waals surface area contributed by atoms with Crippen LogP contribution in [0.5, 0.6) is 0 Å². The summed E-state index contributed by atoms with van der Waals surface area (Å²) in [5.41, 5.74) is 7.10. The van der Waals surface area contributed by atoms with Gasteiger partial charge in [-0.25, -0.2) is 14.4 Å². The molecule has 0 aliphatic heterocycles. The van der Waals surface area contributed by atoms with Crippen LogP contribution in [0, 0.1) is 5.82 Å². The van der Waals surface area contributed by atoms with Crippen molar-refractivity contribution < 1.29 is 4.39 Å². The largest absolute Gasteiger partial charge is 0.329 e. The van der Waals surface area contributed by atoms with E-state index in [1.807, 2.05) is 19.9 Å². The number of rotatable bonds is 3. The Kier molecular flexibility index (Phi) is 3.39. The summed E-state index contributed by atoms with van der Waals surface area (Å²) in [5.74, 6) is 0.446. The van der Waals surface area contributed by atoms with Crippen LogP contribution >= 0.6 is 0 Å². The molecule has 4 heteroatoms. The standard InChI is InChI=1S/C14H16FN3/c1-14(2,9-16)13-17-8-7-12(18-13)10-3-5-11(15)6-4-10/h3-8H,9,16H2,1-2H3. The highest BCUT2D eigenvalue weighted by molar-refractivity contribution is 5.58. The van der Waals surface area contributed by atoms with Crippen LogP contribution in [0.1, 0.15) is 19.7 Å². The average Bonchev–Trinajstić information content (AvgIpc) is 2.40. The van der Waals surface area contributed by atoms with Gasteiger partial charge in [0, 0.05) is 23.7 Å². The van der Waals surface area contributed by atoms with Crippen molar-refractivity contribution in [3.63, 3.8) is 0 Å². The summed E-state index contributed by atoms with van der Waals surface area (Å²) in [6, 6.07) is 8.06. The summed E-state index contributed by atoms with van der Waals surface area (Å²) in [4.78, 5) is 8.76. The maximum Gasteiger partial charge on any atom is 0.135 e. The third-order valence-corrected chi connectivity index (χ3v) is 2.91. The molecule has 2 rings (SSSR count). The van der Waals surface area contributed by atoms with Crippen LogP contribution in [0.4, 0.5) is 4.39 Å². The summed E-state index contributed by atoms with van der Waals surface area (Å²) in [7, 11) is 0. The van der Waals surface area contributed by atoms with Crippen molar-refractivity contribution >= 4 is 0 Å². The van der Waals surface area contributed by atoms with E-state index < -0.39 is 0 Å². The number of hydrogen-bond acceptors (Lipinski definition) is 3. The second kappa shape index (κ2) is 4.82. The van der Waals surface area contributed by atoms with Crippen molar-refractivity contribution in [2.45, 2.75) is 19.3 Å². The Hall–Kier alpha value is -1.81. The van der Waals surface area contributed by atoms with Gasteiger partial charge in [0.1, 0.15) is 11.6 Å². The van der Waals surface area contributed by atoms with Gasteiger partial charge in [0.2, 0.25) is 0 Å². The van der Waals surface area contributed by atoms with Gasteiger partial charge in [-0.1, -0.05) is 13.8 Å². The fraction of sp³-hybridized carbons (Fsp3) is 0.286. The number of nitrogens with zero attached hydrogens (tertiary/aromatic N) is 2. The van der Waals surface area contributed by atoms with Crippen LogP contribution in [-0.2, 0) is 5.41 Å². The lowest BCUT2D eigenvalue weighted by Gasteiger charge is -2.20. The van der Waals surface area contributed by atoms with E-state index in [4.69, 9.17) is 5.73 Å². The lowest BCUT2D eigenvalue weighted by atomic mass is 9.92. The second-order valence-corrected chi connectivity index (χ2v) is 4.86. The Morgan fingerprint density at radius 1 is 1.17 bits per heavy atom. The van der Waals surface area contributed by atoms with E-state index in [9.17, 15) is 4.39 Å². The molecule has 0 fully saturated rings. The van der Waals surface area contributed by atoms with Crippen LogP contribution < -0.4 is 5.73 Å². The SMILES string of the molecule is CC(C)(CN)c1nccc(-c2ccc(F)cc2)n1. The van der Waals surface area contributed by atoms with Crippen molar-refractivity contribution in [2.24, 2.45) is 5.73 Å². The fourth-order valence-electron chi connectivity index (χ4n) is 1.56. The highest BCUT2D eigenvalue weighted by atomic mass is 19.1. The monoisotopic (exact) mass is 245 g/mol. The molecule has 3 nitrogen and oxygen atoms in total. The van der Waals surface area contributed by atoms with Crippen LogP contribution in [0.15, 0.2) is 36.5 Å². The van der Waals surface area contributed by atoms with Crippen LogP contribution in [0.3, 0.4) is 0 Å². The van der Waals surface area contributed by atoms with Crippen LogP contribution in [0.25, 0.3) is 11.3 Å². The molecule has 0 unspecified atom stereocenters. The van der Waals surface area contributed by atoms with Crippen molar-refractivity contribution in [1.82, 2.24) is 9.97 Å². The lowest BCUT2D eigenvalue weighted by molar-refractivity contribution is 0.503.